The molecule has 9 nitrogen and oxygen atoms in total. The molecule has 3 aromatic rings. The average molecular weight is 422 g/mol. The highest BCUT2D eigenvalue weighted by Crippen LogP contribution is 2.12. The average Bonchev–Trinajstić information content (AvgIpc) is 2.78. The maximum atomic E-state index is 12.3. The molecule has 1 heterocycles. The van der Waals surface area contributed by atoms with Crippen LogP contribution in [0.15, 0.2) is 59.5 Å². The third-order valence-electron chi connectivity index (χ3n) is 4.57. The van der Waals surface area contributed by atoms with Gasteiger partial charge < -0.3 is 15.4 Å². The van der Waals surface area contributed by atoms with Gasteiger partial charge in [-0.15, -0.1) is 0 Å². The summed E-state index contributed by atoms with van der Waals surface area (Å²) in [5.74, 6) is -1.02. The number of hydrogen-bond acceptors (Lipinski definition) is 6. The second-order valence-electron chi connectivity index (χ2n) is 6.77. The molecule has 2 aromatic carbocycles. The molecule has 0 saturated heterocycles. The monoisotopic (exact) mass is 422 g/mol. The second kappa shape index (κ2) is 10.1. The molecule has 3 rings (SSSR count). The Hall–Kier alpha value is -4.01. The number of esters is 1. The van der Waals surface area contributed by atoms with E-state index in [0.717, 1.165) is 5.56 Å². The summed E-state index contributed by atoms with van der Waals surface area (Å²) in [6, 6.07) is 14.0. The summed E-state index contributed by atoms with van der Waals surface area (Å²) in [5.41, 5.74) is 1.86. The first-order valence-corrected chi connectivity index (χ1v) is 9.63. The Morgan fingerprint density at radius 3 is 2.52 bits per heavy atom. The number of fused-ring (bicyclic) bond motifs is 1. The number of anilines is 1. The van der Waals surface area contributed by atoms with Crippen LogP contribution in [0.5, 0.6) is 0 Å². The number of ether oxygens (including phenoxy) is 1. The van der Waals surface area contributed by atoms with Crippen LogP contribution < -0.4 is 16.1 Å². The first-order valence-electron chi connectivity index (χ1n) is 9.63. The van der Waals surface area contributed by atoms with E-state index in [4.69, 9.17) is 0 Å². The van der Waals surface area contributed by atoms with E-state index in [9.17, 15) is 19.2 Å². The number of aromatic nitrogens is 2. The second-order valence-corrected chi connectivity index (χ2v) is 6.77. The van der Waals surface area contributed by atoms with Crippen molar-refractivity contribution in [2.75, 3.05) is 19.0 Å². The number of amides is 2. The molecule has 0 unspecified atom stereocenters. The Balaban J connectivity index is 1.52. The van der Waals surface area contributed by atoms with Crippen molar-refractivity contribution < 1.29 is 19.1 Å². The summed E-state index contributed by atoms with van der Waals surface area (Å²) < 4.78 is 6.10. The summed E-state index contributed by atoms with van der Waals surface area (Å²) in [6.07, 6.45) is 1.54. The van der Waals surface area contributed by atoms with Gasteiger partial charge in [0.2, 0.25) is 17.2 Å². The van der Waals surface area contributed by atoms with Gasteiger partial charge in [0.1, 0.15) is 6.54 Å². The van der Waals surface area contributed by atoms with Crippen LogP contribution in [0.25, 0.3) is 10.9 Å². The van der Waals surface area contributed by atoms with Gasteiger partial charge in [-0.3, -0.25) is 23.9 Å². The van der Waals surface area contributed by atoms with Crippen molar-refractivity contribution in [2.45, 2.75) is 19.4 Å². The largest absolute Gasteiger partial charge is 0.468 e. The van der Waals surface area contributed by atoms with Crippen LogP contribution in [0.2, 0.25) is 0 Å². The van der Waals surface area contributed by atoms with E-state index in [0.29, 0.717) is 23.1 Å². The van der Waals surface area contributed by atoms with Gasteiger partial charge in [0.15, 0.2) is 0 Å². The number of benzene rings is 2. The summed E-state index contributed by atoms with van der Waals surface area (Å²) in [6.45, 7) is 0.147. The van der Waals surface area contributed by atoms with Gasteiger partial charge in [0, 0.05) is 17.5 Å². The fourth-order valence-corrected chi connectivity index (χ4v) is 2.97. The lowest BCUT2D eigenvalue weighted by Crippen LogP contribution is -2.31. The molecule has 9 heteroatoms. The van der Waals surface area contributed by atoms with Crippen molar-refractivity contribution in [3.05, 3.63) is 70.5 Å². The number of para-hydroxylation sites is 1. The molecule has 0 aliphatic heterocycles. The SMILES string of the molecule is COC(=O)CNC(=O)Cc1ccc(NC(=O)CCn2ncc(=O)c3ccccc32)cc1. The molecule has 0 aliphatic rings. The lowest BCUT2D eigenvalue weighted by molar-refractivity contribution is -0.141. The fourth-order valence-electron chi connectivity index (χ4n) is 2.97. The summed E-state index contributed by atoms with van der Waals surface area (Å²) in [5, 5.41) is 9.94. The van der Waals surface area contributed by atoms with E-state index in [2.05, 4.69) is 20.5 Å². The van der Waals surface area contributed by atoms with E-state index in [1.807, 2.05) is 6.07 Å². The highest BCUT2D eigenvalue weighted by molar-refractivity contribution is 5.91. The molecule has 0 fully saturated rings. The minimum absolute atomic E-state index is 0.107. The number of rotatable bonds is 8. The highest BCUT2D eigenvalue weighted by Gasteiger charge is 2.09. The Morgan fingerprint density at radius 2 is 1.77 bits per heavy atom. The van der Waals surface area contributed by atoms with E-state index in [1.165, 1.54) is 13.3 Å². The van der Waals surface area contributed by atoms with Gasteiger partial charge >= 0.3 is 5.97 Å². The lowest BCUT2D eigenvalue weighted by atomic mass is 10.1. The standard InChI is InChI=1S/C22H22N4O5/c1-31-22(30)14-23-21(29)12-15-6-8-16(9-7-15)25-20(28)10-11-26-18-5-3-2-4-17(18)19(27)13-24-26/h2-9,13H,10-12,14H2,1H3,(H,23,29)(H,25,28). The maximum absolute atomic E-state index is 12.3. The zero-order valence-corrected chi connectivity index (χ0v) is 17.0. The fraction of sp³-hybridized carbons (Fsp3) is 0.227. The van der Waals surface area contributed by atoms with Crippen molar-refractivity contribution in [1.29, 1.82) is 0 Å². The van der Waals surface area contributed by atoms with E-state index in [-0.39, 0.29) is 36.6 Å². The van der Waals surface area contributed by atoms with Crippen molar-refractivity contribution in [2.24, 2.45) is 0 Å². The van der Waals surface area contributed by atoms with Crippen molar-refractivity contribution in [3.8, 4) is 0 Å². The topological polar surface area (TPSA) is 119 Å². The third kappa shape index (κ3) is 5.99. The number of nitrogens with zero attached hydrogens (tertiary/aromatic N) is 2. The Labute approximate surface area is 178 Å². The molecule has 160 valence electrons. The third-order valence-corrected chi connectivity index (χ3v) is 4.57. The Kier molecular flexibility index (Phi) is 7.10. The summed E-state index contributed by atoms with van der Waals surface area (Å²) >= 11 is 0. The highest BCUT2D eigenvalue weighted by atomic mass is 16.5. The van der Waals surface area contributed by atoms with Gasteiger partial charge in [-0.05, 0) is 29.8 Å². The van der Waals surface area contributed by atoms with E-state index < -0.39 is 5.97 Å². The van der Waals surface area contributed by atoms with Crippen molar-refractivity contribution in [1.82, 2.24) is 15.1 Å². The molecule has 0 bridgehead atoms. The minimum atomic E-state index is -0.517. The molecule has 0 spiro atoms. The van der Waals surface area contributed by atoms with Crippen molar-refractivity contribution >= 4 is 34.4 Å². The zero-order chi connectivity index (χ0) is 22.2. The zero-order valence-electron chi connectivity index (χ0n) is 17.0. The molecular weight excluding hydrogens is 400 g/mol. The minimum Gasteiger partial charge on any atom is -0.468 e. The molecule has 31 heavy (non-hydrogen) atoms. The normalized spacial score (nSPS) is 10.5. The van der Waals surface area contributed by atoms with E-state index >= 15 is 0 Å². The number of carbonyl (C=O) groups is 3. The smallest absolute Gasteiger partial charge is 0.325 e. The van der Waals surface area contributed by atoms with Gasteiger partial charge in [-0.25, -0.2) is 0 Å². The van der Waals surface area contributed by atoms with Gasteiger partial charge in [0.05, 0.1) is 31.8 Å². The molecule has 0 radical (unpaired) electrons. The molecular formula is C22H22N4O5. The summed E-state index contributed by atoms with van der Waals surface area (Å²) in [4.78, 5) is 47.0. The van der Waals surface area contributed by atoms with Crippen LogP contribution in [0, 0.1) is 0 Å². The van der Waals surface area contributed by atoms with Crippen LogP contribution >= 0.6 is 0 Å². The van der Waals surface area contributed by atoms with Gasteiger partial charge in [-0.2, -0.15) is 5.10 Å². The molecule has 0 saturated carbocycles. The van der Waals surface area contributed by atoms with Gasteiger partial charge in [-0.1, -0.05) is 24.3 Å². The maximum Gasteiger partial charge on any atom is 0.325 e. The first kappa shape index (κ1) is 21.7. The Morgan fingerprint density at radius 1 is 1.03 bits per heavy atom. The van der Waals surface area contributed by atoms with Crippen LogP contribution in [0.1, 0.15) is 12.0 Å². The Bertz CT molecular complexity index is 1150. The van der Waals surface area contributed by atoms with Crippen LogP contribution in [-0.2, 0) is 32.1 Å². The molecule has 0 atom stereocenters. The predicted octanol–water partition coefficient (Wildman–Crippen LogP) is 1.26. The quantitative estimate of drug-likeness (QED) is 0.528. The van der Waals surface area contributed by atoms with Crippen molar-refractivity contribution in [3.63, 3.8) is 0 Å². The molecule has 0 aliphatic carbocycles. The predicted molar refractivity (Wildman–Crippen MR) is 114 cm³/mol. The first-order chi connectivity index (χ1) is 15.0. The molecule has 2 N–H and O–H groups in total. The summed E-state index contributed by atoms with van der Waals surface area (Å²) in [7, 11) is 1.25. The van der Waals surface area contributed by atoms with Gasteiger partial charge in [0.25, 0.3) is 0 Å². The van der Waals surface area contributed by atoms with E-state index in [1.54, 1.807) is 47.1 Å². The van der Waals surface area contributed by atoms with Crippen LogP contribution in [-0.4, -0.2) is 41.2 Å². The number of methoxy groups -OCH3 is 1. The molecule has 1 aromatic heterocycles. The number of nitrogens with one attached hydrogen (secondary N) is 2. The van der Waals surface area contributed by atoms with Crippen LogP contribution in [0.4, 0.5) is 5.69 Å². The number of carbonyl (C=O) groups excluding carboxylic acids is 3. The number of aryl methyl sites for hydroxylation is 1. The lowest BCUT2D eigenvalue weighted by Gasteiger charge is -2.10. The number of hydrogen-bond donors (Lipinski definition) is 2. The van der Waals surface area contributed by atoms with Crippen LogP contribution in [0.3, 0.4) is 0 Å². The molecule has 2 amide bonds.